The molecule has 3 nitrogen and oxygen atoms in total. The lowest BCUT2D eigenvalue weighted by molar-refractivity contribution is -0.115. The van der Waals surface area contributed by atoms with E-state index in [4.69, 9.17) is 16.6 Å². The molecule has 0 radical (unpaired) electrons. The van der Waals surface area contributed by atoms with Crippen LogP contribution in [0.5, 0.6) is 0 Å². The summed E-state index contributed by atoms with van der Waals surface area (Å²) in [7, 11) is 0. The van der Waals surface area contributed by atoms with Gasteiger partial charge in [0.15, 0.2) is 5.13 Å². The zero-order valence-corrected chi connectivity index (χ0v) is 18.0. The smallest absolute Gasteiger partial charge is 0.240 e. The van der Waals surface area contributed by atoms with Crippen molar-refractivity contribution in [2.45, 2.75) is 49.3 Å². The normalized spacial score (nSPS) is 36.5. The van der Waals surface area contributed by atoms with Crippen molar-refractivity contribution in [3.05, 3.63) is 45.9 Å². The summed E-state index contributed by atoms with van der Waals surface area (Å²) < 4.78 is 0. The maximum Gasteiger partial charge on any atom is 0.240 e. The molecule has 1 atom stereocenters. The van der Waals surface area contributed by atoms with E-state index in [9.17, 15) is 4.79 Å². The van der Waals surface area contributed by atoms with Crippen LogP contribution in [0.4, 0.5) is 5.13 Å². The molecule has 4 bridgehead atoms. The molecule has 2 aromatic rings. The average molecular weight is 431 g/mol. The van der Waals surface area contributed by atoms with Gasteiger partial charge in [-0.15, -0.1) is 23.1 Å². The van der Waals surface area contributed by atoms with Crippen LogP contribution in [0.3, 0.4) is 0 Å². The predicted octanol–water partition coefficient (Wildman–Crippen LogP) is 6.04. The molecule has 5 aliphatic rings. The van der Waals surface area contributed by atoms with Crippen LogP contribution in [0.15, 0.2) is 29.6 Å². The maximum absolute atomic E-state index is 12.8. The summed E-state index contributed by atoms with van der Waals surface area (Å²) in [5, 5.41) is 3.75. The van der Waals surface area contributed by atoms with Gasteiger partial charge in [0.1, 0.15) is 5.37 Å². The fourth-order valence-electron chi connectivity index (χ4n) is 6.58. The number of thioether (sulfide) groups is 1. The molecule has 4 saturated carbocycles. The van der Waals surface area contributed by atoms with Gasteiger partial charge in [0.25, 0.3) is 0 Å². The number of anilines is 1. The molecule has 1 amide bonds. The Bertz CT molecular complexity index is 907. The van der Waals surface area contributed by atoms with E-state index in [0.717, 1.165) is 33.5 Å². The SMILES string of the molecule is O=C1CSC(c2ccccc2Cl)N1c1nc(C23CC4CC(CC(C4)C2)C3)cs1. The molecule has 1 unspecified atom stereocenters. The zero-order chi connectivity index (χ0) is 18.9. The monoisotopic (exact) mass is 430 g/mol. The lowest BCUT2D eigenvalue weighted by Gasteiger charge is -2.56. The summed E-state index contributed by atoms with van der Waals surface area (Å²) >= 11 is 9.74. The Balaban J connectivity index is 1.34. The van der Waals surface area contributed by atoms with Gasteiger partial charge in [-0.25, -0.2) is 4.98 Å². The lowest BCUT2D eigenvalue weighted by atomic mass is 9.49. The first-order valence-corrected chi connectivity index (χ1v) is 12.6. The van der Waals surface area contributed by atoms with E-state index >= 15 is 0 Å². The average Bonchev–Trinajstić information content (AvgIpc) is 3.28. The number of benzene rings is 1. The molecule has 2 heterocycles. The fourth-order valence-corrected chi connectivity index (χ4v) is 9.13. The summed E-state index contributed by atoms with van der Waals surface area (Å²) in [5.74, 6) is 3.33. The third-order valence-electron chi connectivity index (χ3n) is 7.32. The van der Waals surface area contributed by atoms with Gasteiger partial charge in [-0.1, -0.05) is 29.8 Å². The zero-order valence-electron chi connectivity index (χ0n) is 15.6. The maximum atomic E-state index is 12.8. The second-order valence-electron chi connectivity index (χ2n) is 9.16. The van der Waals surface area contributed by atoms with E-state index in [1.807, 2.05) is 29.2 Å². The van der Waals surface area contributed by atoms with Crippen LogP contribution >= 0.6 is 34.7 Å². The van der Waals surface area contributed by atoms with Gasteiger partial charge in [-0.05, 0) is 62.3 Å². The third kappa shape index (κ3) is 2.69. The Kier molecular flexibility index (Phi) is 4.12. The van der Waals surface area contributed by atoms with E-state index in [2.05, 4.69) is 5.38 Å². The number of nitrogens with zero attached hydrogens (tertiary/aromatic N) is 2. The number of rotatable bonds is 3. The highest BCUT2D eigenvalue weighted by Crippen LogP contribution is 2.61. The Morgan fingerprint density at radius 2 is 1.75 bits per heavy atom. The second-order valence-corrected chi connectivity index (χ2v) is 11.5. The molecule has 1 aromatic heterocycles. The number of amides is 1. The molecule has 28 heavy (non-hydrogen) atoms. The summed E-state index contributed by atoms with van der Waals surface area (Å²) in [6.07, 6.45) is 8.22. The molecule has 0 N–H and O–H groups in total. The first-order chi connectivity index (χ1) is 13.6. The van der Waals surface area contributed by atoms with Crippen LogP contribution in [0.25, 0.3) is 0 Å². The Morgan fingerprint density at radius 1 is 1.07 bits per heavy atom. The van der Waals surface area contributed by atoms with Crippen molar-refractivity contribution in [3.63, 3.8) is 0 Å². The summed E-state index contributed by atoms with van der Waals surface area (Å²) in [6.45, 7) is 0. The highest BCUT2D eigenvalue weighted by Gasteiger charge is 2.53. The van der Waals surface area contributed by atoms with Crippen LogP contribution in [0.1, 0.15) is 55.2 Å². The van der Waals surface area contributed by atoms with Gasteiger partial charge in [0, 0.05) is 21.4 Å². The van der Waals surface area contributed by atoms with Gasteiger partial charge in [0.05, 0.1) is 11.4 Å². The summed E-state index contributed by atoms with van der Waals surface area (Å²) in [5.41, 5.74) is 2.54. The van der Waals surface area contributed by atoms with Gasteiger partial charge in [-0.3, -0.25) is 9.69 Å². The van der Waals surface area contributed by atoms with Crippen LogP contribution in [-0.2, 0) is 10.2 Å². The van der Waals surface area contributed by atoms with Crippen molar-refractivity contribution in [2.24, 2.45) is 17.8 Å². The molecule has 4 aliphatic carbocycles. The largest absolute Gasteiger partial charge is 0.273 e. The molecular formula is C22H23ClN2OS2. The molecular weight excluding hydrogens is 408 g/mol. The summed E-state index contributed by atoms with van der Waals surface area (Å²) in [6, 6.07) is 7.86. The van der Waals surface area contributed by atoms with Crippen molar-refractivity contribution in [1.29, 1.82) is 0 Å². The van der Waals surface area contributed by atoms with Crippen LogP contribution < -0.4 is 4.90 Å². The Hall–Kier alpha value is -1.04. The van der Waals surface area contributed by atoms with Crippen LogP contribution in [0.2, 0.25) is 5.02 Å². The first-order valence-electron chi connectivity index (χ1n) is 10.3. The van der Waals surface area contributed by atoms with Crippen LogP contribution in [0, 0.1) is 17.8 Å². The van der Waals surface area contributed by atoms with Gasteiger partial charge in [-0.2, -0.15) is 0 Å². The van der Waals surface area contributed by atoms with E-state index in [1.165, 1.54) is 44.2 Å². The molecule has 0 spiro atoms. The quantitative estimate of drug-likeness (QED) is 0.594. The number of carbonyl (C=O) groups excluding carboxylic acids is 1. The van der Waals surface area contributed by atoms with Crippen molar-refractivity contribution >= 4 is 45.7 Å². The Labute approximate surface area is 178 Å². The van der Waals surface area contributed by atoms with Crippen molar-refractivity contribution in [2.75, 3.05) is 10.7 Å². The highest BCUT2D eigenvalue weighted by atomic mass is 35.5. The molecule has 146 valence electrons. The minimum Gasteiger partial charge on any atom is -0.273 e. The third-order valence-corrected chi connectivity index (χ3v) is 9.70. The molecule has 1 saturated heterocycles. The van der Waals surface area contributed by atoms with E-state index in [0.29, 0.717) is 5.75 Å². The number of aromatic nitrogens is 1. The predicted molar refractivity (Wildman–Crippen MR) is 116 cm³/mol. The first kappa shape index (κ1) is 17.8. The van der Waals surface area contributed by atoms with Gasteiger partial charge >= 0.3 is 0 Å². The molecule has 1 aliphatic heterocycles. The number of halogens is 1. The van der Waals surface area contributed by atoms with Crippen LogP contribution in [-0.4, -0.2) is 16.6 Å². The molecule has 6 heteroatoms. The van der Waals surface area contributed by atoms with Crippen molar-refractivity contribution in [1.82, 2.24) is 4.98 Å². The molecule has 7 rings (SSSR count). The molecule has 1 aromatic carbocycles. The minimum atomic E-state index is -0.0726. The number of hydrogen-bond donors (Lipinski definition) is 0. The standard InChI is InChI=1S/C22H23ClN2OS2/c23-17-4-2-1-3-16(17)20-25(19(26)12-27-20)21-24-18(11-28-21)22-8-13-5-14(9-22)7-15(6-13)10-22/h1-4,11,13-15,20H,5-10,12H2. The highest BCUT2D eigenvalue weighted by molar-refractivity contribution is 8.00. The van der Waals surface area contributed by atoms with Crippen molar-refractivity contribution < 1.29 is 4.79 Å². The van der Waals surface area contributed by atoms with Gasteiger partial charge < -0.3 is 0 Å². The summed E-state index contributed by atoms with van der Waals surface area (Å²) in [4.78, 5) is 19.8. The topological polar surface area (TPSA) is 33.2 Å². The number of carbonyl (C=O) groups is 1. The Morgan fingerprint density at radius 3 is 2.43 bits per heavy atom. The minimum absolute atomic E-state index is 0.0726. The second kappa shape index (κ2) is 6.48. The number of hydrogen-bond acceptors (Lipinski definition) is 4. The fraction of sp³-hybridized carbons (Fsp3) is 0.545. The van der Waals surface area contributed by atoms with E-state index < -0.39 is 0 Å². The molecule has 5 fully saturated rings. The van der Waals surface area contributed by atoms with E-state index in [1.54, 1.807) is 23.1 Å². The number of thiazole rings is 1. The van der Waals surface area contributed by atoms with Gasteiger partial charge in [0.2, 0.25) is 5.91 Å². The lowest BCUT2D eigenvalue weighted by Crippen LogP contribution is -2.48. The van der Waals surface area contributed by atoms with E-state index in [-0.39, 0.29) is 16.7 Å². The van der Waals surface area contributed by atoms with Crippen molar-refractivity contribution in [3.8, 4) is 0 Å².